The Hall–Kier alpha value is -0.650. The molecule has 0 amide bonds. The van der Waals surface area contributed by atoms with Gasteiger partial charge in [-0.2, -0.15) is 0 Å². The molecule has 0 aromatic carbocycles. The lowest BCUT2D eigenvalue weighted by molar-refractivity contribution is 0.200. The maximum atomic E-state index is 4.92. The van der Waals surface area contributed by atoms with Crippen LogP contribution in [-0.2, 0) is 4.74 Å². The number of thiazole rings is 1. The SMILES string of the molecule is COCCNCCNc1nc(C)cs1. The molecule has 14 heavy (non-hydrogen) atoms. The molecule has 0 bridgehead atoms. The highest BCUT2D eigenvalue weighted by molar-refractivity contribution is 7.13. The van der Waals surface area contributed by atoms with Gasteiger partial charge < -0.3 is 15.4 Å². The van der Waals surface area contributed by atoms with E-state index in [-0.39, 0.29) is 0 Å². The average molecular weight is 215 g/mol. The number of nitrogens with zero attached hydrogens (tertiary/aromatic N) is 1. The number of aromatic nitrogens is 1. The van der Waals surface area contributed by atoms with E-state index in [1.54, 1.807) is 18.4 Å². The van der Waals surface area contributed by atoms with E-state index in [4.69, 9.17) is 4.74 Å². The quantitative estimate of drug-likeness (QED) is 0.669. The van der Waals surface area contributed by atoms with Crippen LogP contribution in [0.15, 0.2) is 5.38 Å². The summed E-state index contributed by atoms with van der Waals surface area (Å²) >= 11 is 1.64. The molecule has 0 spiro atoms. The van der Waals surface area contributed by atoms with E-state index in [1.807, 2.05) is 12.3 Å². The van der Waals surface area contributed by atoms with E-state index in [0.717, 1.165) is 37.1 Å². The number of hydrogen-bond acceptors (Lipinski definition) is 5. The smallest absolute Gasteiger partial charge is 0.182 e. The summed E-state index contributed by atoms with van der Waals surface area (Å²) in [5.41, 5.74) is 1.07. The van der Waals surface area contributed by atoms with Gasteiger partial charge in [0, 0.05) is 32.1 Å². The number of aryl methyl sites for hydroxylation is 1. The molecule has 4 nitrogen and oxygen atoms in total. The van der Waals surface area contributed by atoms with Crippen molar-refractivity contribution in [2.45, 2.75) is 6.92 Å². The summed E-state index contributed by atoms with van der Waals surface area (Å²) in [4.78, 5) is 4.30. The molecule has 5 heteroatoms. The number of rotatable bonds is 7. The second kappa shape index (κ2) is 6.75. The van der Waals surface area contributed by atoms with Crippen LogP contribution in [0.2, 0.25) is 0 Å². The first-order chi connectivity index (χ1) is 6.83. The number of nitrogens with one attached hydrogen (secondary N) is 2. The molecule has 1 heterocycles. The molecular formula is C9H17N3OS. The lowest BCUT2D eigenvalue weighted by atomic mass is 10.5. The van der Waals surface area contributed by atoms with Crippen LogP contribution < -0.4 is 10.6 Å². The molecule has 0 saturated heterocycles. The van der Waals surface area contributed by atoms with E-state index in [0.29, 0.717) is 0 Å². The normalized spacial score (nSPS) is 10.4. The summed E-state index contributed by atoms with van der Waals surface area (Å²) in [5.74, 6) is 0. The highest BCUT2D eigenvalue weighted by Gasteiger charge is 1.95. The summed E-state index contributed by atoms with van der Waals surface area (Å²) in [6, 6.07) is 0. The molecule has 0 aliphatic carbocycles. The first-order valence-corrected chi connectivity index (χ1v) is 5.56. The number of anilines is 1. The third-order valence-electron chi connectivity index (χ3n) is 1.68. The molecule has 80 valence electrons. The summed E-state index contributed by atoms with van der Waals surface area (Å²) in [6.07, 6.45) is 0. The molecule has 0 aliphatic rings. The van der Waals surface area contributed by atoms with Gasteiger partial charge in [-0.25, -0.2) is 4.98 Å². The van der Waals surface area contributed by atoms with Gasteiger partial charge in [-0.1, -0.05) is 0 Å². The van der Waals surface area contributed by atoms with Gasteiger partial charge in [0.2, 0.25) is 0 Å². The predicted molar refractivity (Wildman–Crippen MR) is 60.1 cm³/mol. The van der Waals surface area contributed by atoms with E-state index in [1.165, 1.54) is 0 Å². The van der Waals surface area contributed by atoms with Crippen molar-refractivity contribution in [2.75, 3.05) is 38.7 Å². The minimum atomic E-state index is 0.760. The minimum Gasteiger partial charge on any atom is -0.383 e. The van der Waals surface area contributed by atoms with Gasteiger partial charge in [-0.3, -0.25) is 0 Å². The Kier molecular flexibility index (Phi) is 5.51. The van der Waals surface area contributed by atoms with Gasteiger partial charge in [-0.15, -0.1) is 11.3 Å². The molecule has 2 N–H and O–H groups in total. The molecule has 0 atom stereocenters. The van der Waals surface area contributed by atoms with Crippen molar-refractivity contribution < 1.29 is 4.74 Å². The number of methoxy groups -OCH3 is 1. The maximum Gasteiger partial charge on any atom is 0.182 e. The molecule has 0 aliphatic heterocycles. The Morgan fingerprint density at radius 1 is 1.43 bits per heavy atom. The topological polar surface area (TPSA) is 46.2 Å². The molecule has 0 unspecified atom stereocenters. The molecule has 1 aromatic rings. The van der Waals surface area contributed by atoms with Crippen molar-refractivity contribution in [1.82, 2.24) is 10.3 Å². The van der Waals surface area contributed by atoms with Crippen LogP contribution >= 0.6 is 11.3 Å². The minimum absolute atomic E-state index is 0.760. The third-order valence-corrected chi connectivity index (χ3v) is 2.60. The molecular weight excluding hydrogens is 198 g/mol. The van der Waals surface area contributed by atoms with Gasteiger partial charge >= 0.3 is 0 Å². The Labute approximate surface area is 88.7 Å². The van der Waals surface area contributed by atoms with Gasteiger partial charge in [0.15, 0.2) is 5.13 Å². The fraction of sp³-hybridized carbons (Fsp3) is 0.667. The monoisotopic (exact) mass is 215 g/mol. The van der Waals surface area contributed by atoms with E-state index >= 15 is 0 Å². The van der Waals surface area contributed by atoms with Crippen molar-refractivity contribution in [3.05, 3.63) is 11.1 Å². The van der Waals surface area contributed by atoms with Crippen LogP contribution in [0.3, 0.4) is 0 Å². The molecule has 1 aromatic heterocycles. The third kappa shape index (κ3) is 4.55. The standard InChI is InChI=1S/C9H17N3OS/c1-8-7-14-9(12-8)11-4-3-10-5-6-13-2/h7,10H,3-6H2,1-2H3,(H,11,12). The largest absolute Gasteiger partial charge is 0.383 e. The predicted octanol–water partition coefficient (Wildman–Crippen LogP) is 1.10. The fourth-order valence-electron chi connectivity index (χ4n) is 0.992. The lowest BCUT2D eigenvalue weighted by Crippen LogP contribution is -2.25. The van der Waals surface area contributed by atoms with Crippen molar-refractivity contribution in [3.8, 4) is 0 Å². The van der Waals surface area contributed by atoms with Crippen molar-refractivity contribution in [2.24, 2.45) is 0 Å². The highest BCUT2D eigenvalue weighted by Crippen LogP contribution is 2.13. The summed E-state index contributed by atoms with van der Waals surface area (Å²) in [6.45, 7) is 5.49. The maximum absolute atomic E-state index is 4.92. The molecule has 1 rings (SSSR count). The molecule has 0 fully saturated rings. The average Bonchev–Trinajstić information content (AvgIpc) is 2.58. The van der Waals surface area contributed by atoms with Crippen molar-refractivity contribution in [3.63, 3.8) is 0 Å². The van der Waals surface area contributed by atoms with E-state index in [2.05, 4.69) is 15.6 Å². The lowest BCUT2D eigenvalue weighted by Gasteiger charge is -2.04. The van der Waals surface area contributed by atoms with Crippen LogP contribution in [-0.4, -0.2) is 38.3 Å². The zero-order valence-electron chi connectivity index (χ0n) is 8.67. The van der Waals surface area contributed by atoms with Crippen LogP contribution in [0.25, 0.3) is 0 Å². The molecule has 0 saturated carbocycles. The highest BCUT2D eigenvalue weighted by atomic mass is 32.1. The summed E-state index contributed by atoms with van der Waals surface area (Å²) in [5, 5.41) is 9.54. The Morgan fingerprint density at radius 3 is 2.93 bits per heavy atom. The van der Waals surface area contributed by atoms with Crippen LogP contribution in [0.5, 0.6) is 0 Å². The Bertz CT molecular complexity index is 252. The van der Waals surface area contributed by atoms with Crippen LogP contribution in [0.4, 0.5) is 5.13 Å². The fourth-order valence-corrected chi connectivity index (χ4v) is 1.71. The zero-order valence-corrected chi connectivity index (χ0v) is 9.49. The van der Waals surface area contributed by atoms with Crippen LogP contribution in [0.1, 0.15) is 5.69 Å². The second-order valence-electron chi connectivity index (χ2n) is 2.96. The van der Waals surface area contributed by atoms with E-state index in [9.17, 15) is 0 Å². The van der Waals surface area contributed by atoms with Crippen molar-refractivity contribution in [1.29, 1.82) is 0 Å². The van der Waals surface area contributed by atoms with Crippen LogP contribution in [0, 0.1) is 6.92 Å². The Morgan fingerprint density at radius 2 is 2.29 bits per heavy atom. The second-order valence-corrected chi connectivity index (χ2v) is 3.82. The van der Waals surface area contributed by atoms with Gasteiger partial charge in [0.1, 0.15) is 0 Å². The van der Waals surface area contributed by atoms with Gasteiger partial charge in [0.05, 0.1) is 12.3 Å². The van der Waals surface area contributed by atoms with Crippen molar-refractivity contribution >= 4 is 16.5 Å². The Balaban J connectivity index is 1.99. The van der Waals surface area contributed by atoms with Gasteiger partial charge in [0.25, 0.3) is 0 Å². The summed E-state index contributed by atoms with van der Waals surface area (Å²) in [7, 11) is 1.71. The first-order valence-electron chi connectivity index (χ1n) is 4.68. The number of hydrogen-bond donors (Lipinski definition) is 2. The zero-order chi connectivity index (χ0) is 10.2. The molecule has 0 radical (unpaired) electrons. The van der Waals surface area contributed by atoms with Gasteiger partial charge in [-0.05, 0) is 6.92 Å². The summed E-state index contributed by atoms with van der Waals surface area (Å²) < 4.78 is 4.92. The first kappa shape index (κ1) is 11.4. The number of ether oxygens (including phenoxy) is 1. The van der Waals surface area contributed by atoms with E-state index < -0.39 is 0 Å².